The van der Waals surface area contributed by atoms with Crippen LogP contribution < -0.4 is 9.47 Å². The first-order chi connectivity index (χ1) is 14.5. The summed E-state index contributed by atoms with van der Waals surface area (Å²) in [4.78, 5) is 0. The molecule has 0 amide bonds. The summed E-state index contributed by atoms with van der Waals surface area (Å²) in [7, 11) is 0. The summed E-state index contributed by atoms with van der Waals surface area (Å²) in [6, 6.07) is 23.1. The number of aryl methyl sites for hydroxylation is 1. The van der Waals surface area contributed by atoms with Gasteiger partial charge in [0.1, 0.15) is 17.2 Å². The molecule has 5 heteroatoms. The molecular formula is C25H25F3O2. The normalized spacial score (nSPS) is 12.4. The molecule has 0 radical (unpaired) electrons. The van der Waals surface area contributed by atoms with Crippen molar-refractivity contribution in [1.82, 2.24) is 0 Å². The lowest BCUT2D eigenvalue weighted by molar-refractivity contribution is -0.152. The number of para-hydroxylation sites is 1. The highest BCUT2D eigenvalue weighted by Gasteiger charge is 2.40. The Bertz CT molecular complexity index is 906. The van der Waals surface area contributed by atoms with Crippen LogP contribution in [0.25, 0.3) is 0 Å². The minimum atomic E-state index is -4.29. The molecule has 0 aliphatic heterocycles. The Morgan fingerprint density at radius 3 is 2.17 bits per heavy atom. The van der Waals surface area contributed by atoms with Crippen molar-refractivity contribution in [3.8, 4) is 17.2 Å². The second-order valence-corrected chi connectivity index (χ2v) is 7.05. The molecule has 0 aromatic heterocycles. The van der Waals surface area contributed by atoms with Crippen LogP contribution in [0.3, 0.4) is 0 Å². The minimum absolute atomic E-state index is 0.0290. The van der Waals surface area contributed by atoms with Crippen molar-refractivity contribution in [1.29, 1.82) is 0 Å². The molecule has 0 fully saturated rings. The fraction of sp³-hybridized carbons (Fsp3) is 0.280. The van der Waals surface area contributed by atoms with E-state index in [1.54, 1.807) is 12.1 Å². The molecule has 0 bridgehead atoms. The van der Waals surface area contributed by atoms with E-state index in [-0.39, 0.29) is 12.0 Å². The van der Waals surface area contributed by atoms with Gasteiger partial charge in [-0.25, -0.2) is 0 Å². The summed E-state index contributed by atoms with van der Waals surface area (Å²) >= 11 is 0. The Morgan fingerprint density at radius 2 is 1.50 bits per heavy atom. The lowest BCUT2D eigenvalue weighted by Gasteiger charge is -2.21. The fourth-order valence-corrected chi connectivity index (χ4v) is 3.38. The highest BCUT2D eigenvalue weighted by Crippen LogP contribution is 2.39. The topological polar surface area (TPSA) is 18.5 Å². The number of rotatable bonds is 9. The second-order valence-electron chi connectivity index (χ2n) is 7.05. The first-order valence-electron chi connectivity index (χ1n) is 10.1. The van der Waals surface area contributed by atoms with Crippen molar-refractivity contribution in [2.75, 3.05) is 6.61 Å². The van der Waals surface area contributed by atoms with E-state index < -0.39 is 12.1 Å². The van der Waals surface area contributed by atoms with E-state index >= 15 is 0 Å². The van der Waals surface area contributed by atoms with E-state index in [2.05, 4.69) is 0 Å². The van der Waals surface area contributed by atoms with Crippen LogP contribution in [-0.2, 0) is 6.42 Å². The maximum atomic E-state index is 13.6. The SMILES string of the molecule is CCOc1ccc(C(CCCc2cccc(Oc3ccccc3)c2)C(F)(F)F)cc1. The van der Waals surface area contributed by atoms with Crippen LogP contribution in [0.5, 0.6) is 17.2 Å². The predicted octanol–water partition coefficient (Wildman–Crippen LogP) is 7.55. The molecule has 3 rings (SSSR count). The number of ether oxygens (including phenoxy) is 2. The third kappa shape index (κ3) is 6.28. The number of alkyl halides is 3. The zero-order valence-electron chi connectivity index (χ0n) is 16.9. The van der Waals surface area contributed by atoms with E-state index in [1.807, 2.05) is 61.5 Å². The monoisotopic (exact) mass is 414 g/mol. The van der Waals surface area contributed by atoms with Crippen LogP contribution in [0.2, 0.25) is 0 Å². The van der Waals surface area contributed by atoms with E-state index in [0.717, 1.165) is 11.3 Å². The van der Waals surface area contributed by atoms with Gasteiger partial charge in [0.15, 0.2) is 0 Å². The van der Waals surface area contributed by atoms with Crippen LogP contribution in [0.1, 0.15) is 36.8 Å². The summed E-state index contributed by atoms with van der Waals surface area (Å²) in [5.41, 5.74) is 1.23. The molecule has 0 aliphatic rings. The summed E-state index contributed by atoms with van der Waals surface area (Å²) in [5, 5.41) is 0. The quantitative estimate of drug-likeness (QED) is 0.360. The first kappa shape index (κ1) is 21.8. The van der Waals surface area contributed by atoms with Crippen molar-refractivity contribution in [2.24, 2.45) is 0 Å². The van der Waals surface area contributed by atoms with Crippen LogP contribution in [0.15, 0.2) is 78.9 Å². The molecule has 0 N–H and O–H groups in total. The lowest BCUT2D eigenvalue weighted by Crippen LogP contribution is -2.21. The first-order valence-corrected chi connectivity index (χ1v) is 10.1. The summed E-state index contributed by atoms with van der Waals surface area (Å²) < 4.78 is 52.0. The number of halogens is 3. The summed E-state index contributed by atoms with van der Waals surface area (Å²) in [5.74, 6) is 0.495. The lowest BCUT2D eigenvalue weighted by atomic mass is 9.92. The van der Waals surface area contributed by atoms with Crippen molar-refractivity contribution in [3.63, 3.8) is 0 Å². The molecule has 158 valence electrons. The zero-order valence-corrected chi connectivity index (χ0v) is 16.9. The third-order valence-corrected chi connectivity index (χ3v) is 4.82. The standard InChI is InChI=1S/C25H25F3O2/c1-2-29-21-16-14-20(15-17-21)24(25(26,27)28)13-7-9-19-8-6-12-23(18-19)30-22-10-4-3-5-11-22/h3-6,8,10-12,14-18,24H,2,7,9,13H2,1H3. The van der Waals surface area contributed by atoms with E-state index in [1.165, 1.54) is 12.1 Å². The number of hydrogen-bond acceptors (Lipinski definition) is 2. The predicted molar refractivity (Wildman–Crippen MR) is 112 cm³/mol. The Labute approximate surface area is 175 Å². The maximum absolute atomic E-state index is 13.6. The van der Waals surface area contributed by atoms with E-state index in [4.69, 9.17) is 9.47 Å². The fourth-order valence-electron chi connectivity index (χ4n) is 3.38. The van der Waals surface area contributed by atoms with Gasteiger partial charge in [-0.05, 0) is 73.7 Å². The minimum Gasteiger partial charge on any atom is -0.494 e. The summed E-state index contributed by atoms with van der Waals surface area (Å²) in [6.07, 6.45) is -3.28. The molecule has 1 unspecified atom stereocenters. The molecule has 3 aromatic carbocycles. The van der Waals surface area contributed by atoms with Crippen molar-refractivity contribution in [3.05, 3.63) is 90.0 Å². The van der Waals surface area contributed by atoms with Gasteiger partial charge in [0, 0.05) is 0 Å². The highest BCUT2D eigenvalue weighted by molar-refractivity contribution is 5.34. The Balaban J connectivity index is 1.62. The molecule has 1 atom stereocenters. The molecule has 0 saturated heterocycles. The van der Waals surface area contributed by atoms with Gasteiger partial charge in [0.25, 0.3) is 0 Å². The van der Waals surface area contributed by atoms with Gasteiger partial charge in [-0.2, -0.15) is 13.2 Å². The number of benzene rings is 3. The second kappa shape index (κ2) is 10.2. The van der Waals surface area contributed by atoms with Gasteiger partial charge in [0.05, 0.1) is 12.5 Å². The summed E-state index contributed by atoms with van der Waals surface area (Å²) in [6.45, 7) is 2.32. The molecule has 2 nitrogen and oxygen atoms in total. The molecule has 3 aromatic rings. The third-order valence-electron chi connectivity index (χ3n) is 4.82. The Hall–Kier alpha value is -2.95. The largest absolute Gasteiger partial charge is 0.494 e. The zero-order chi connectivity index (χ0) is 21.4. The average Bonchev–Trinajstić information content (AvgIpc) is 2.72. The van der Waals surface area contributed by atoms with Crippen molar-refractivity contribution >= 4 is 0 Å². The number of hydrogen-bond donors (Lipinski definition) is 0. The molecule has 0 spiro atoms. The van der Waals surface area contributed by atoms with Gasteiger partial charge in [0.2, 0.25) is 0 Å². The molecule has 0 saturated carbocycles. The molecular weight excluding hydrogens is 389 g/mol. The van der Waals surface area contributed by atoms with Crippen LogP contribution in [0, 0.1) is 0 Å². The maximum Gasteiger partial charge on any atom is 0.395 e. The van der Waals surface area contributed by atoms with Gasteiger partial charge in [-0.3, -0.25) is 0 Å². The van der Waals surface area contributed by atoms with E-state index in [0.29, 0.717) is 30.9 Å². The van der Waals surface area contributed by atoms with Crippen molar-refractivity contribution < 1.29 is 22.6 Å². The Morgan fingerprint density at radius 1 is 0.800 bits per heavy atom. The van der Waals surface area contributed by atoms with Gasteiger partial charge in [-0.15, -0.1) is 0 Å². The van der Waals surface area contributed by atoms with Crippen molar-refractivity contribution in [2.45, 2.75) is 38.3 Å². The molecule has 30 heavy (non-hydrogen) atoms. The van der Waals surface area contributed by atoms with Gasteiger partial charge in [-0.1, -0.05) is 42.5 Å². The van der Waals surface area contributed by atoms with Crippen LogP contribution >= 0.6 is 0 Å². The average molecular weight is 414 g/mol. The van der Waals surface area contributed by atoms with Crippen LogP contribution in [0.4, 0.5) is 13.2 Å². The highest BCUT2D eigenvalue weighted by atomic mass is 19.4. The van der Waals surface area contributed by atoms with Crippen LogP contribution in [-0.4, -0.2) is 12.8 Å². The van der Waals surface area contributed by atoms with E-state index in [9.17, 15) is 13.2 Å². The molecule has 0 heterocycles. The van der Waals surface area contributed by atoms with Gasteiger partial charge >= 0.3 is 6.18 Å². The van der Waals surface area contributed by atoms with Gasteiger partial charge < -0.3 is 9.47 Å². The Kier molecular flexibility index (Phi) is 7.39. The molecule has 0 aliphatic carbocycles. The smallest absolute Gasteiger partial charge is 0.395 e.